The van der Waals surface area contributed by atoms with Crippen LogP contribution in [0.15, 0.2) is 27.7 Å². The van der Waals surface area contributed by atoms with Crippen molar-refractivity contribution in [1.29, 1.82) is 0 Å². The molecule has 4 heterocycles. The monoisotopic (exact) mass is 453 g/mol. The third-order valence-electron chi connectivity index (χ3n) is 6.17. The molecule has 4 rings (SSSR count). The number of anilines is 1. The van der Waals surface area contributed by atoms with E-state index < -0.39 is 5.97 Å². The molecular formula is C24H31N5O4. The molecule has 0 saturated carbocycles. The topological polar surface area (TPSA) is 103 Å². The van der Waals surface area contributed by atoms with Gasteiger partial charge in [0, 0.05) is 55.8 Å². The molecule has 0 aliphatic carbocycles. The molecule has 2 N–H and O–H groups in total. The largest absolute Gasteiger partial charge is 0.504 e. The van der Waals surface area contributed by atoms with Gasteiger partial charge in [0.15, 0.2) is 22.9 Å². The van der Waals surface area contributed by atoms with Crippen molar-refractivity contribution >= 4 is 35.5 Å². The van der Waals surface area contributed by atoms with Gasteiger partial charge in [-0.2, -0.15) is 0 Å². The number of hydrogen-bond acceptors (Lipinski definition) is 9. The van der Waals surface area contributed by atoms with Crippen molar-refractivity contribution in [3.63, 3.8) is 0 Å². The second kappa shape index (κ2) is 10.2. The van der Waals surface area contributed by atoms with Gasteiger partial charge in [-0.15, -0.1) is 0 Å². The lowest BCUT2D eigenvalue weighted by molar-refractivity contribution is 0.0523. The van der Waals surface area contributed by atoms with Gasteiger partial charge >= 0.3 is 5.97 Å². The second-order valence-corrected chi connectivity index (χ2v) is 8.25. The minimum absolute atomic E-state index is 0.0760. The van der Waals surface area contributed by atoms with Crippen LogP contribution in [0.4, 0.5) is 11.7 Å². The second-order valence-electron chi connectivity index (χ2n) is 8.25. The van der Waals surface area contributed by atoms with Crippen molar-refractivity contribution in [3.05, 3.63) is 35.2 Å². The number of rotatable bonds is 8. The van der Waals surface area contributed by atoms with Crippen LogP contribution < -0.4 is 10.2 Å². The van der Waals surface area contributed by atoms with Crippen LogP contribution in [0.25, 0.3) is 11.6 Å². The number of carbonyl (C=O) groups is 1. The summed E-state index contributed by atoms with van der Waals surface area (Å²) in [7, 11) is 4.09. The van der Waals surface area contributed by atoms with E-state index >= 15 is 0 Å². The molecule has 9 heteroatoms. The normalized spacial score (nSPS) is 17.2. The maximum absolute atomic E-state index is 12.7. The van der Waals surface area contributed by atoms with Crippen LogP contribution >= 0.6 is 0 Å². The third kappa shape index (κ3) is 4.79. The molecule has 0 radical (unpaired) electrons. The Morgan fingerprint density at radius 2 is 2.21 bits per heavy atom. The number of carbonyl (C=O) groups excluding carboxylic acids is 1. The molecule has 2 aliphatic rings. The Bertz CT molecular complexity index is 1050. The smallest absolute Gasteiger partial charge is 0.347 e. The molecule has 9 nitrogen and oxygen atoms in total. The molecule has 2 aliphatic heterocycles. The summed E-state index contributed by atoms with van der Waals surface area (Å²) in [4.78, 5) is 25.6. The van der Waals surface area contributed by atoms with Crippen LogP contribution in [0.1, 0.15) is 41.4 Å². The summed E-state index contributed by atoms with van der Waals surface area (Å²) in [6.07, 6.45) is 6.92. The maximum Gasteiger partial charge on any atom is 0.347 e. The number of aromatic hydroxyl groups is 1. The van der Waals surface area contributed by atoms with Gasteiger partial charge in [0.2, 0.25) is 5.88 Å². The van der Waals surface area contributed by atoms with Gasteiger partial charge in [0.25, 0.3) is 0 Å². The molecule has 1 fully saturated rings. The molecule has 176 valence electrons. The summed E-state index contributed by atoms with van der Waals surface area (Å²) in [5.74, 6) is 0.379. The number of aliphatic imine (C=N–C) groups is 1. The first kappa shape index (κ1) is 23.0. The van der Waals surface area contributed by atoms with E-state index in [-0.39, 0.29) is 23.7 Å². The van der Waals surface area contributed by atoms with Gasteiger partial charge in [0.1, 0.15) is 0 Å². The summed E-state index contributed by atoms with van der Waals surface area (Å²) in [6, 6.07) is 4.20. The highest BCUT2D eigenvalue weighted by Crippen LogP contribution is 2.40. The first-order valence-electron chi connectivity index (χ1n) is 11.4. The molecule has 0 aromatic carbocycles. The lowest BCUT2D eigenvalue weighted by Crippen LogP contribution is -2.45. The minimum Gasteiger partial charge on any atom is -0.504 e. The van der Waals surface area contributed by atoms with Crippen molar-refractivity contribution in [2.24, 2.45) is 4.99 Å². The van der Waals surface area contributed by atoms with Crippen molar-refractivity contribution in [3.8, 4) is 5.75 Å². The number of esters is 1. The Kier molecular flexibility index (Phi) is 7.10. The highest BCUT2D eigenvalue weighted by molar-refractivity contribution is 6.21. The Morgan fingerprint density at radius 1 is 1.42 bits per heavy atom. The summed E-state index contributed by atoms with van der Waals surface area (Å²) < 4.78 is 11.3. The summed E-state index contributed by atoms with van der Waals surface area (Å²) in [5.41, 5.74) is 1.68. The van der Waals surface area contributed by atoms with Gasteiger partial charge < -0.3 is 29.4 Å². The Labute approximate surface area is 193 Å². The van der Waals surface area contributed by atoms with Gasteiger partial charge in [0.05, 0.1) is 6.61 Å². The van der Waals surface area contributed by atoms with E-state index in [9.17, 15) is 9.90 Å². The Hall–Kier alpha value is -3.17. The SMILES string of the molecule is CCOC(=O)c1c(N2CCC(N(C)CCNC)CC2)oc(C=C2C=Nc3ncccc32)c1O. The van der Waals surface area contributed by atoms with Crippen LogP contribution in [0.5, 0.6) is 5.75 Å². The van der Waals surface area contributed by atoms with E-state index in [0.29, 0.717) is 17.7 Å². The molecule has 0 amide bonds. The first-order chi connectivity index (χ1) is 16.0. The Balaban J connectivity index is 1.60. The van der Waals surface area contributed by atoms with Crippen LogP contribution in [0.2, 0.25) is 0 Å². The summed E-state index contributed by atoms with van der Waals surface area (Å²) in [6.45, 7) is 5.31. The predicted molar refractivity (Wildman–Crippen MR) is 128 cm³/mol. The molecule has 0 spiro atoms. The predicted octanol–water partition coefficient (Wildman–Crippen LogP) is 2.93. The molecule has 2 aromatic rings. The Morgan fingerprint density at radius 3 is 2.94 bits per heavy atom. The summed E-state index contributed by atoms with van der Waals surface area (Å²) >= 11 is 0. The fourth-order valence-corrected chi connectivity index (χ4v) is 4.30. The fourth-order valence-electron chi connectivity index (χ4n) is 4.30. The summed E-state index contributed by atoms with van der Waals surface area (Å²) in [5, 5.41) is 14.1. The number of fused-ring (bicyclic) bond motifs is 1. The lowest BCUT2D eigenvalue weighted by atomic mass is 10.0. The number of likely N-dealkylation sites (N-methyl/N-ethyl adjacent to an activating group) is 2. The number of nitrogens with zero attached hydrogens (tertiary/aromatic N) is 4. The van der Waals surface area contributed by atoms with E-state index in [4.69, 9.17) is 9.15 Å². The number of furan rings is 1. The van der Waals surface area contributed by atoms with Gasteiger partial charge in [-0.25, -0.2) is 14.8 Å². The van der Waals surface area contributed by atoms with E-state index in [1.165, 1.54) is 0 Å². The van der Waals surface area contributed by atoms with E-state index in [1.807, 2.05) is 24.1 Å². The molecular weight excluding hydrogens is 422 g/mol. The highest BCUT2D eigenvalue weighted by Gasteiger charge is 2.32. The van der Waals surface area contributed by atoms with Crippen LogP contribution in [-0.2, 0) is 4.74 Å². The standard InChI is InChI=1S/C24H31N5O4/c1-4-32-24(31)20-21(30)19(14-16-15-27-22-18(16)6-5-9-26-22)33-23(20)29-11-7-17(8-12-29)28(3)13-10-25-2/h5-6,9,14-15,17,25,30H,4,7-8,10-13H2,1-3H3. The van der Waals surface area contributed by atoms with Gasteiger partial charge in [-0.3, -0.25) is 0 Å². The lowest BCUT2D eigenvalue weighted by Gasteiger charge is -2.36. The number of nitrogens with one attached hydrogen (secondary N) is 1. The van der Waals surface area contributed by atoms with Crippen molar-refractivity contribution in [2.75, 3.05) is 51.8 Å². The van der Waals surface area contributed by atoms with Crippen LogP contribution in [0, 0.1) is 0 Å². The fraction of sp³-hybridized carbons (Fsp3) is 0.458. The molecule has 33 heavy (non-hydrogen) atoms. The number of ether oxygens (including phenoxy) is 1. The number of allylic oxidation sites excluding steroid dienone is 1. The molecule has 0 bridgehead atoms. The number of hydrogen-bond donors (Lipinski definition) is 2. The number of piperidine rings is 1. The highest BCUT2D eigenvalue weighted by atomic mass is 16.5. The maximum atomic E-state index is 12.7. The van der Waals surface area contributed by atoms with Crippen molar-refractivity contribution < 1.29 is 19.1 Å². The minimum atomic E-state index is -0.589. The molecule has 0 atom stereocenters. The van der Waals surface area contributed by atoms with Crippen LogP contribution in [0.3, 0.4) is 0 Å². The molecule has 2 aromatic heterocycles. The molecule has 0 unspecified atom stereocenters. The van der Waals surface area contributed by atoms with Gasteiger partial charge in [-0.05, 0) is 52.1 Å². The van der Waals surface area contributed by atoms with Crippen LogP contribution in [-0.4, -0.2) is 80.1 Å². The van der Waals surface area contributed by atoms with Gasteiger partial charge in [-0.1, -0.05) is 0 Å². The van der Waals surface area contributed by atoms with Crippen molar-refractivity contribution in [1.82, 2.24) is 15.2 Å². The zero-order valence-corrected chi connectivity index (χ0v) is 19.4. The molecule has 1 saturated heterocycles. The first-order valence-corrected chi connectivity index (χ1v) is 11.4. The quantitative estimate of drug-likeness (QED) is 0.588. The number of pyridine rings is 1. The zero-order valence-electron chi connectivity index (χ0n) is 19.4. The van der Waals surface area contributed by atoms with E-state index in [0.717, 1.165) is 50.2 Å². The third-order valence-corrected chi connectivity index (χ3v) is 6.17. The van der Waals surface area contributed by atoms with E-state index in [1.54, 1.807) is 25.4 Å². The number of aromatic nitrogens is 1. The average molecular weight is 454 g/mol. The van der Waals surface area contributed by atoms with Crippen molar-refractivity contribution in [2.45, 2.75) is 25.8 Å². The zero-order chi connectivity index (χ0) is 23.4. The average Bonchev–Trinajstić information content (AvgIpc) is 3.39. The van der Waals surface area contributed by atoms with E-state index in [2.05, 4.69) is 27.2 Å².